The minimum Gasteiger partial charge on any atom is -0.339 e. The number of carbonyl (C=O) groups excluding carboxylic acids is 1. The highest BCUT2D eigenvalue weighted by Crippen LogP contribution is 2.24. The van der Waals surface area contributed by atoms with Crippen LogP contribution in [0.4, 0.5) is 0 Å². The molecule has 6 nitrogen and oxygen atoms in total. The van der Waals surface area contributed by atoms with E-state index in [4.69, 9.17) is 0 Å². The van der Waals surface area contributed by atoms with Crippen LogP contribution in [0.2, 0.25) is 0 Å². The van der Waals surface area contributed by atoms with Gasteiger partial charge in [0.05, 0.1) is 5.75 Å². The number of fused-ring (bicyclic) bond motifs is 1. The fourth-order valence-corrected chi connectivity index (χ4v) is 4.41. The second-order valence-electron chi connectivity index (χ2n) is 6.42. The average molecular weight is 347 g/mol. The van der Waals surface area contributed by atoms with E-state index >= 15 is 0 Å². The lowest BCUT2D eigenvalue weighted by atomic mass is 9.94. The first-order chi connectivity index (χ1) is 11.6. The quantitative estimate of drug-likeness (QED) is 0.778. The molecule has 1 aliphatic carbocycles. The Morgan fingerprint density at radius 2 is 2.04 bits per heavy atom. The molecule has 0 unspecified atom stereocenters. The number of hydrogen-bond acceptors (Lipinski definition) is 5. The number of thioether (sulfide) groups is 1. The average Bonchev–Trinajstić information content (AvgIpc) is 2.98. The molecule has 0 bridgehead atoms. The van der Waals surface area contributed by atoms with Gasteiger partial charge in [-0.25, -0.2) is 4.98 Å². The number of carbonyl (C=O) groups is 1. The lowest BCUT2D eigenvalue weighted by Crippen LogP contribution is -2.42. The fraction of sp³-hybridized carbons (Fsp3) is 0.647. The third-order valence-corrected chi connectivity index (χ3v) is 5.58. The first kappa shape index (κ1) is 17.2. The highest BCUT2D eigenvalue weighted by Gasteiger charge is 2.24. The predicted octanol–water partition coefficient (Wildman–Crippen LogP) is 3.01. The fourth-order valence-electron chi connectivity index (χ4n) is 3.53. The molecule has 2 aromatic rings. The summed E-state index contributed by atoms with van der Waals surface area (Å²) in [5.74, 6) is 1.20. The molecule has 2 aromatic heterocycles. The summed E-state index contributed by atoms with van der Waals surface area (Å²) in [7, 11) is 0. The maximum atomic E-state index is 12.7. The zero-order valence-corrected chi connectivity index (χ0v) is 15.5. The number of nitrogens with zero attached hydrogens (tertiary/aromatic N) is 5. The Morgan fingerprint density at radius 3 is 2.75 bits per heavy atom. The van der Waals surface area contributed by atoms with Crippen molar-refractivity contribution in [2.45, 2.75) is 64.1 Å². The molecule has 0 radical (unpaired) electrons. The van der Waals surface area contributed by atoms with Gasteiger partial charge in [-0.3, -0.25) is 9.20 Å². The van der Waals surface area contributed by atoms with E-state index in [0.717, 1.165) is 35.9 Å². The Kier molecular flexibility index (Phi) is 5.38. The zero-order chi connectivity index (χ0) is 17.1. The molecule has 1 saturated carbocycles. The monoisotopic (exact) mass is 347 g/mol. The van der Waals surface area contributed by atoms with Crippen molar-refractivity contribution < 1.29 is 4.79 Å². The summed E-state index contributed by atoms with van der Waals surface area (Å²) in [5.41, 5.74) is 1.96. The molecular weight excluding hydrogens is 322 g/mol. The van der Waals surface area contributed by atoms with Gasteiger partial charge in [-0.15, -0.1) is 10.2 Å². The lowest BCUT2D eigenvalue weighted by molar-refractivity contribution is -0.131. The van der Waals surface area contributed by atoms with E-state index < -0.39 is 0 Å². The molecule has 0 aromatic carbocycles. The van der Waals surface area contributed by atoms with Crippen LogP contribution in [-0.4, -0.2) is 48.7 Å². The topological polar surface area (TPSA) is 63.4 Å². The maximum Gasteiger partial charge on any atom is 0.256 e. The van der Waals surface area contributed by atoms with Crippen LogP contribution in [-0.2, 0) is 4.79 Å². The predicted molar refractivity (Wildman–Crippen MR) is 95.2 cm³/mol. The van der Waals surface area contributed by atoms with Crippen molar-refractivity contribution >= 4 is 23.4 Å². The van der Waals surface area contributed by atoms with Crippen molar-refractivity contribution in [3.05, 3.63) is 17.5 Å². The van der Waals surface area contributed by atoms with Gasteiger partial charge in [-0.1, -0.05) is 31.0 Å². The van der Waals surface area contributed by atoms with Crippen LogP contribution in [0, 0.1) is 13.8 Å². The normalized spacial score (nSPS) is 15.8. The van der Waals surface area contributed by atoms with Crippen molar-refractivity contribution in [2.24, 2.45) is 0 Å². The van der Waals surface area contributed by atoms with Crippen LogP contribution in [0.5, 0.6) is 0 Å². The van der Waals surface area contributed by atoms with Gasteiger partial charge in [0.1, 0.15) is 0 Å². The number of aromatic nitrogens is 4. The van der Waals surface area contributed by atoms with Gasteiger partial charge >= 0.3 is 0 Å². The van der Waals surface area contributed by atoms with Crippen LogP contribution < -0.4 is 0 Å². The Hall–Kier alpha value is -1.63. The highest BCUT2D eigenvalue weighted by molar-refractivity contribution is 7.99. The first-order valence-corrected chi connectivity index (χ1v) is 9.70. The van der Waals surface area contributed by atoms with Crippen LogP contribution in [0.15, 0.2) is 11.2 Å². The van der Waals surface area contributed by atoms with Gasteiger partial charge in [-0.05, 0) is 39.7 Å². The van der Waals surface area contributed by atoms with E-state index in [1.165, 1.54) is 31.0 Å². The third kappa shape index (κ3) is 3.55. The highest BCUT2D eigenvalue weighted by atomic mass is 32.2. The van der Waals surface area contributed by atoms with E-state index in [9.17, 15) is 4.79 Å². The Balaban J connectivity index is 1.69. The minimum absolute atomic E-state index is 0.198. The molecule has 1 fully saturated rings. The van der Waals surface area contributed by atoms with Gasteiger partial charge in [0, 0.05) is 24.0 Å². The largest absolute Gasteiger partial charge is 0.339 e. The van der Waals surface area contributed by atoms with E-state index in [1.807, 2.05) is 29.2 Å². The van der Waals surface area contributed by atoms with Gasteiger partial charge in [0.15, 0.2) is 5.16 Å². The number of amides is 1. The smallest absolute Gasteiger partial charge is 0.256 e. The van der Waals surface area contributed by atoms with Gasteiger partial charge in [0.25, 0.3) is 5.78 Å². The second-order valence-corrected chi connectivity index (χ2v) is 7.36. The summed E-state index contributed by atoms with van der Waals surface area (Å²) >= 11 is 1.45. The molecule has 24 heavy (non-hydrogen) atoms. The molecule has 1 aliphatic rings. The van der Waals surface area contributed by atoms with Crippen molar-refractivity contribution in [3.63, 3.8) is 0 Å². The van der Waals surface area contributed by atoms with Gasteiger partial charge in [-0.2, -0.15) is 0 Å². The van der Waals surface area contributed by atoms with Crippen LogP contribution in [0.25, 0.3) is 5.78 Å². The summed E-state index contributed by atoms with van der Waals surface area (Å²) in [6, 6.07) is 2.42. The lowest BCUT2D eigenvalue weighted by Gasteiger charge is -2.33. The van der Waals surface area contributed by atoms with E-state index in [1.54, 1.807) is 0 Å². The molecule has 0 atom stereocenters. The molecule has 0 saturated heterocycles. The summed E-state index contributed by atoms with van der Waals surface area (Å²) in [5, 5.41) is 9.08. The number of rotatable bonds is 5. The molecule has 3 rings (SSSR count). The second kappa shape index (κ2) is 7.51. The summed E-state index contributed by atoms with van der Waals surface area (Å²) < 4.78 is 1.92. The minimum atomic E-state index is 0.198. The van der Waals surface area contributed by atoms with Crippen LogP contribution in [0.3, 0.4) is 0 Å². The van der Waals surface area contributed by atoms with E-state index in [-0.39, 0.29) is 5.91 Å². The first-order valence-electron chi connectivity index (χ1n) is 8.71. The van der Waals surface area contributed by atoms with E-state index in [2.05, 4.69) is 22.1 Å². The molecule has 130 valence electrons. The Labute approximate surface area is 147 Å². The van der Waals surface area contributed by atoms with Gasteiger partial charge < -0.3 is 4.90 Å². The molecule has 0 aliphatic heterocycles. The molecule has 0 N–H and O–H groups in total. The summed E-state index contributed by atoms with van der Waals surface area (Å²) in [6.07, 6.45) is 6.05. The molecule has 1 amide bonds. The number of aryl methyl sites for hydroxylation is 2. The van der Waals surface area contributed by atoms with Crippen molar-refractivity contribution in [2.75, 3.05) is 12.3 Å². The van der Waals surface area contributed by atoms with Crippen molar-refractivity contribution in [1.29, 1.82) is 0 Å². The molecule has 7 heteroatoms. The molecule has 2 heterocycles. The summed E-state index contributed by atoms with van der Waals surface area (Å²) in [6.45, 7) is 6.81. The van der Waals surface area contributed by atoms with Crippen molar-refractivity contribution in [3.8, 4) is 0 Å². The molecular formula is C17H25N5OS. The third-order valence-electron chi connectivity index (χ3n) is 4.66. The SMILES string of the molecule is CCN(C(=O)CSc1nnc2nc(C)cc(C)n12)C1CCCCC1. The van der Waals surface area contributed by atoms with Gasteiger partial charge in [0.2, 0.25) is 5.91 Å². The van der Waals surface area contributed by atoms with Crippen molar-refractivity contribution in [1.82, 2.24) is 24.5 Å². The van der Waals surface area contributed by atoms with E-state index in [0.29, 0.717) is 17.6 Å². The summed E-state index contributed by atoms with van der Waals surface area (Å²) in [4.78, 5) is 19.1. The molecule has 0 spiro atoms. The Morgan fingerprint density at radius 1 is 1.29 bits per heavy atom. The number of hydrogen-bond donors (Lipinski definition) is 0. The standard InChI is InChI=1S/C17H25N5OS/c1-4-21(14-8-6-5-7-9-14)15(23)11-24-17-20-19-16-18-12(2)10-13(3)22(16)17/h10,14H,4-9,11H2,1-3H3. The van der Waals surface area contributed by atoms with Crippen LogP contribution >= 0.6 is 11.8 Å². The maximum absolute atomic E-state index is 12.7. The Bertz CT molecular complexity index is 723. The van der Waals surface area contributed by atoms with Crippen LogP contribution in [0.1, 0.15) is 50.4 Å². The zero-order valence-electron chi connectivity index (χ0n) is 14.7.